The van der Waals surface area contributed by atoms with Crippen LogP contribution in [0.5, 0.6) is 0 Å². The van der Waals surface area contributed by atoms with Crippen molar-refractivity contribution in [3.05, 3.63) is 28.7 Å². The van der Waals surface area contributed by atoms with Crippen molar-refractivity contribution in [3.63, 3.8) is 0 Å². The van der Waals surface area contributed by atoms with Crippen molar-refractivity contribution in [2.45, 2.75) is 51.3 Å². The van der Waals surface area contributed by atoms with Gasteiger partial charge in [0.2, 0.25) is 10.0 Å². The molecule has 1 aromatic rings. The molecule has 0 spiro atoms. The Balaban J connectivity index is 2.63. The molecule has 0 amide bonds. The molecule has 0 saturated carbocycles. The van der Waals surface area contributed by atoms with Gasteiger partial charge >= 0.3 is 0 Å². The zero-order valence-corrected chi connectivity index (χ0v) is 14.9. The maximum Gasteiger partial charge on any atom is 0.240 e. The largest absolute Gasteiger partial charge is 0.240 e. The molecule has 0 atom stereocenters. The molecular weight excluding hydrogens is 338 g/mol. The molecule has 5 heteroatoms. The van der Waals surface area contributed by atoms with Crippen LogP contribution in [0.15, 0.2) is 33.6 Å². The van der Waals surface area contributed by atoms with Gasteiger partial charge in [-0.3, -0.25) is 0 Å². The highest BCUT2D eigenvalue weighted by atomic mass is 79.9. The van der Waals surface area contributed by atoms with Gasteiger partial charge in [0, 0.05) is 11.0 Å². The normalized spacial score (nSPS) is 12.6. The summed E-state index contributed by atoms with van der Waals surface area (Å²) in [6, 6.07) is 6.77. The third-order valence-electron chi connectivity index (χ3n) is 3.30. The Morgan fingerprint density at radius 2 is 1.95 bits per heavy atom. The Labute approximate surface area is 131 Å². The number of unbranched alkanes of at least 4 members (excludes halogenated alkanes) is 2. The molecule has 1 N–H and O–H groups in total. The van der Waals surface area contributed by atoms with E-state index in [4.69, 9.17) is 0 Å². The van der Waals surface area contributed by atoms with Gasteiger partial charge in [0.05, 0.1) is 4.90 Å². The van der Waals surface area contributed by atoms with Gasteiger partial charge in [0.25, 0.3) is 0 Å². The van der Waals surface area contributed by atoms with Gasteiger partial charge in [-0.2, -0.15) is 0 Å². The van der Waals surface area contributed by atoms with Crippen molar-refractivity contribution in [3.8, 4) is 0 Å². The summed E-state index contributed by atoms with van der Waals surface area (Å²) in [6.07, 6.45) is 4.55. The van der Waals surface area contributed by atoms with Gasteiger partial charge in [-0.25, -0.2) is 13.1 Å². The molecule has 0 unspecified atom stereocenters. The highest BCUT2D eigenvalue weighted by Gasteiger charge is 2.22. The van der Waals surface area contributed by atoms with E-state index in [0.29, 0.717) is 11.4 Å². The average Bonchev–Trinajstić information content (AvgIpc) is 2.37. The molecule has 0 heterocycles. The quantitative estimate of drug-likeness (QED) is 0.700. The smallest absolute Gasteiger partial charge is 0.211 e. The minimum absolute atomic E-state index is 0.0196. The van der Waals surface area contributed by atoms with Crippen molar-refractivity contribution in [2.24, 2.45) is 5.41 Å². The van der Waals surface area contributed by atoms with E-state index in [9.17, 15) is 8.42 Å². The summed E-state index contributed by atoms with van der Waals surface area (Å²) < 4.78 is 27.9. The van der Waals surface area contributed by atoms with E-state index in [1.807, 2.05) is 6.07 Å². The third kappa shape index (κ3) is 5.94. The number of sulfonamides is 1. The molecular formula is C15H24BrNO2S. The van der Waals surface area contributed by atoms with E-state index in [0.717, 1.165) is 17.3 Å². The molecule has 0 fully saturated rings. The molecule has 0 bridgehead atoms. The highest BCUT2D eigenvalue weighted by Crippen LogP contribution is 2.24. The van der Waals surface area contributed by atoms with E-state index in [1.165, 1.54) is 12.8 Å². The van der Waals surface area contributed by atoms with Crippen molar-refractivity contribution < 1.29 is 8.42 Å². The molecule has 0 aromatic heterocycles. The van der Waals surface area contributed by atoms with Gasteiger partial charge in [-0.15, -0.1) is 0 Å². The molecule has 0 aliphatic heterocycles. The Bertz CT molecular complexity index is 526. The van der Waals surface area contributed by atoms with Crippen LogP contribution >= 0.6 is 15.9 Å². The first kappa shape index (κ1) is 17.7. The highest BCUT2D eigenvalue weighted by molar-refractivity contribution is 9.10. The summed E-state index contributed by atoms with van der Waals surface area (Å²) in [5.74, 6) is 0. The van der Waals surface area contributed by atoms with Crippen LogP contribution in [0.2, 0.25) is 0 Å². The minimum Gasteiger partial charge on any atom is -0.211 e. The van der Waals surface area contributed by atoms with E-state index in [2.05, 4.69) is 41.4 Å². The third-order valence-corrected chi connectivity index (χ3v) is 5.20. The molecule has 1 rings (SSSR count). The lowest BCUT2D eigenvalue weighted by atomic mass is 9.87. The number of rotatable bonds is 8. The van der Waals surface area contributed by atoms with Crippen molar-refractivity contribution in [2.75, 3.05) is 6.54 Å². The molecule has 0 aliphatic rings. The van der Waals surface area contributed by atoms with Crippen LogP contribution in [0.1, 0.15) is 46.5 Å². The summed E-state index contributed by atoms with van der Waals surface area (Å²) in [5.41, 5.74) is -0.0196. The standard InChI is InChI=1S/C15H24BrNO2S/c1-4-5-6-10-15(2,3)12-17-20(18,19)14-9-7-8-13(16)11-14/h7-9,11,17H,4-6,10,12H2,1-3H3. The summed E-state index contributed by atoms with van der Waals surface area (Å²) >= 11 is 3.30. The minimum atomic E-state index is -3.43. The van der Waals surface area contributed by atoms with Crippen LogP contribution in [-0.2, 0) is 10.0 Å². The molecule has 0 radical (unpaired) electrons. The first-order valence-electron chi connectivity index (χ1n) is 7.02. The maximum atomic E-state index is 12.2. The summed E-state index contributed by atoms with van der Waals surface area (Å²) in [4.78, 5) is 0.302. The van der Waals surface area contributed by atoms with Crippen molar-refractivity contribution in [1.82, 2.24) is 4.72 Å². The second-order valence-corrected chi connectivity index (χ2v) is 8.59. The summed E-state index contributed by atoms with van der Waals surface area (Å²) in [5, 5.41) is 0. The fourth-order valence-corrected chi connectivity index (χ4v) is 3.79. The zero-order valence-electron chi connectivity index (χ0n) is 12.4. The van der Waals surface area contributed by atoms with E-state index in [1.54, 1.807) is 18.2 Å². The lowest BCUT2D eigenvalue weighted by Crippen LogP contribution is -2.34. The van der Waals surface area contributed by atoms with Crippen LogP contribution in [0.25, 0.3) is 0 Å². The van der Waals surface area contributed by atoms with Crippen molar-refractivity contribution in [1.29, 1.82) is 0 Å². The second-order valence-electron chi connectivity index (χ2n) is 5.90. The Hall–Kier alpha value is -0.390. The molecule has 0 aliphatic carbocycles. The molecule has 3 nitrogen and oxygen atoms in total. The number of hydrogen-bond donors (Lipinski definition) is 1. The van der Waals surface area contributed by atoms with Gasteiger partial charge in [0.15, 0.2) is 0 Å². The van der Waals surface area contributed by atoms with Crippen LogP contribution in [0.3, 0.4) is 0 Å². The Morgan fingerprint density at radius 3 is 2.55 bits per heavy atom. The summed E-state index contributed by atoms with van der Waals surface area (Å²) in [6.45, 7) is 6.84. The SMILES string of the molecule is CCCCCC(C)(C)CNS(=O)(=O)c1cccc(Br)c1. The number of halogens is 1. The van der Waals surface area contributed by atoms with E-state index in [-0.39, 0.29) is 5.41 Å². The molecule has 114 valence electrons. The van der Waals surface area contributed by atoms with Crippen molar-refractivity contribution >= 4 is 26.0 Å². The Kier molecular flexibility index (Phi) is 6.69. The van der Waals surface area contributed by atoms with Crippen LogP contribution in [-0.4, -0.2) is 15.0 Å². The van der Waals surface area contributed by atoms with Crippen LogP contribution < -0.4 is 4.72 Å². The molecule has 0 saturated heterocycles. The lowest BCUT2D eigenvalue weighted by Gasteiger charge is -2.24. The van der Waals surface area contributed by atoms with Crippen LogP contribution in [0, 0.1) is 5.41 Å². The fourth-order valence-electron chi connectivity index (χ4n) is 1.95. The van der Waals surface area contributed by atoms with Gasteiger partial charge in [0.1, 0.15) is 0 Å². The number of hydrogen-bond acceptors (Lipinski definition) is 2. The first-order valence-corrected chi connectivity index (χ1v) is 9.30. The monoisotopic (exact) mass is 361 g/mol. The van der Waals surface area contributed by atoms with E-state index < -0.39 is 10.0 Å². The van der Waals surface area contributed by atoms with Gasteiger partial charge in [-0.05, 0) is 30.0 Å². The predicted molar refractivity (Wildman–Crippen MR) is 87.3 cm³/mol. The second kappa shape index (κ2) is 7.57. The zero-order chi connectivity index (χ0) is 15.2. The van der Waals surface area contributed by atoms with E-state index >= 15 is 0 Å². The number of nitrogens with one attached hydrogen (secondary N) is 1. The van der Waals surface area contributed by atoms with Gasteiger partial charge < -0.3 is 0 Å². The summed E-state index contributed by atoms with van der Waals surface area (Å²) in [7, 11) is -3.43. The van der Waals surface area contributed by atoms with Crippen LogP contribution in [0.4, 0.5) is 0 Å². The van der Waals surface area contributed by atoms with Gasteiger partial charge in [-0.1, -0.05) is 62.0 Å². The topological polar surface area (TPSA) is 46.2 Å². The lowest BCUT2D eigenvalue weighted by molar-refractivity contribution is 0.320. The fraction of sp³-hybridized carbons (Fsp3) is 0.600. The maximum absolute atomic E-state index is 12.2. The predicted octanol–water partition coefficient (Wildman–Crippen LogP) is 4.33. The first-order chi connectivity index (χ1) is 9.27. The molecule has 1 aromatic carbocycles. The number of benzene rings is 1. The average molecular weight is 362 g/mol. The molecule has 20 heavy (non-hydrogen) atoms. The Morgan fingerprint density at radius 1 is 1.25 bits per heavy atom.